The van der Waals surface area contributed by atoms with Gasteiger partial charge in [-0.3, -0.25) is 0 Å². The third kappa shape index (κ3) is 2.98. The van der Waals surface area contributed by atoms with E-state index in [0.29, 0.717) is 6.42 Å². The molecule has 0 spiro atoms. The van der Waals surface area contributed by atoms with Gasteiger partial charge in [0, 0.05) is 0 Å². The quantitative estimate of drug-likeness (QED) is 0.429. The summed E-state index contributed by atoms with van der Waals surface area (Å²) in [6.45, 7) is 1.83. The van der Waals surface area contributed by atoms with Crippen molar-refractivity contribution in [2.45, 2.75) is 19.4 Å². The summed E-state index contributed by atoms with van der Waals surface area (Å²) >= 11 is 0. The lowest BCUT2D eigenvalue weighted by atomic mass is 10.3. The van der Waals surface area contributed by atoms with Gasteiger partial charge in [-0.25, -0.2) is 4.79 Å². The van der Waals surface area contributed by atoms with Crippen LogP contribution in [0.4, 0.5) is 4.79 Å². The first kappa shape index (κ1) is 8.83. The summed E-state index contributed by atoms with van der Waals surface area (Å²) in [4.78, 5) is 10.4. The maximum atomic E-state index is 10.4. The van der Waals surface area contributed by atoms with Gasteiger partial charge in [0.25, 0.3) is 0 Å². The predicted molar refractivity (Wildman–Crippen MR) is 36.4 cm³/mol. The van der Waals surface area contributed by atoms with Crippen LogP contribution in [0.15, 0.2) is 0 Å². The van der Waals surface area contributed by atoms with Crippen LogP contribution in [0.5, 0.6) is 0 Å². The number of carbonyl (C=O) groups excluding carboxylic acids is 1. The van der Waals surface area contributed by atoms with Crippen molar-refractivity contribution < 1.29 is 14.3 Å². The number of ether oxygens (including phenoxy) is 2. The number of hydrogen-bond acceptors (Lipinski definition) is 3. The van der Waals surface area contributed by atoms with Gasteiger partial charge in [0.15, 0.2) is 6.10 Å². The van der Waals surface area contributed by atoms with Gasteiger partial charge in [-0.1, -0.05) is 12.8 Å². The molecule has 0 N–H and O–H groups in total. The highest BCUT2D eigenvalue weighted by molar-refractivity contribution is 5.60. The van der Waals surface area contributed by atoms with Gasteiger partial charge in [0.1, 0.15) is 0 Å². The average Bonchev–Trinajstić information content (AvgIpc) is 1.99. The van der Waals surface area contributed by atoms with Crippen LogP contribution < -0.4 is 0 Å². The fourth-order valence-corrected chi connectivity index (χ4v) is 0.399. The summed E-state index contributed by atoms with van der Waals surface area (Å²) in [7, 11) is 1.24. The Morgan fingerprint density at radius 1 is 1.80 bits per heavy atom. The molecule has 0 rings (SSSR count). The normalized spacial score (nSPS) is 11.3. The molecular weight excluding hydrogens is 132 g/mol. The molecule has 0 amide bonds. The Hall–Kier alpha value is -1.17. The first-order valence-electron chi connectivity index (χ1n) is 2.95. The zero-order valence-corrected chi connectivity index (χ0v) is 6.09. The van der Waals surface area contributed by atoms with Crippen LogP contribution in [0.25, 0.3) is 0 Å². The van der Waals surface area contributed by atoms with E-state index in [1.54, 1.807) is 0 Å². The molecule has 0 aliphatic carbocycles. The Balaban J connectivity index is 3.66. The lowest BCUT2D eigenvalue weighted by Gasteiger charge is -2.06. The molecule has 0 bridgehead atoms. The second-order valence-corrected chi connectivity index (χ2v) is 1.64. The highest BCUT2D eigenvalue weighted by Crippen LogP contribution is 1.96. The monoisotopic (exact) mass is 142 g/mol. The topological polar surface area (TPSA) is 35.5 Å². The van der Waals surface area contributed by atoms with Crippen molar-refractivity contribution in [3.63, 3.8) is 0 Å². The highest BCUT2D eigenvalue weighted by atomic mass is 16.7. The molecule has 0 fully saturated rings. The highest BCUT2D eigenvalue weighted by Gasteiger charge is 2.07. The van der Waals surface area contributed by atoms with E-state index in [9.17, 15) is 4.79 Å². The van der Waals surface area contributed by atoms with E-state index in [1.807, 2.05) is 6.92 Å². The van der Waals surface area contributed by atoms with Gasteiger partial charge in [-0.05, 0) is 6.42 Å². The van der Waals surface area contributed by atoms with Crippen molar-refractivity contribution in [3.05, 3.63) is 0 Å². The van der Waals surface area contributed by atoms with Crippen LogP contribution in [-0.4, -0.2) is 19.4 Å². The summed E-state index contributed by atoms with van der Waals surface area (Å²) in [5, 5.41) is 0. The van der Waals surface area contributed by atoms with Gasteiger partial charge < -0.3 is 9.47 Å². The SMILES string of the molecule is C#CC(CC)OC(=O)OC. The van der Waals surface area contributed by atoms with Gasteiger partial charge in [-0.15, -0.1) is 6.42 Å². The predicted octanol–water partition coefficient (Wildman–Crippen LogP) is 1.18. The van der Waals surface area contributed by atoms with Crippen molar-refractivity contribution in [2.75, 3.05) is 7.11 Å². The smallest absolute Gasteiger partial charge is 0.438 e. The zero-order valence-electron chi connectivity index (χ0n) is 6.09. The molecule has 1 unspecified atom stereocenters. The molecular formula is C7H10O3. The van der Waals surface area contributed by atoms with E-state index in [1.165, 1.54) is 7.11 Å². The largest absolute Gasteiger partial charge is 0.509 e. The van der Waals surface area contributed by atoms with Gasteiger partial charge in [-0.2, -0.15) is 0 Å². The molecule has 0 saturated heterocycles. The first-order valence-corrected chi connectivity index (χ1v) is 2.95. The van der Waals surface area contributed by atoms with E-state index in [-0.39, 0.29) is 0 Å². The first-order chi connectivity index (χ1) is 4.74. The van der Waals surface area contributed by atoms with Crippen molar-refractivity contribution in [3.8, 4) is 12.3 Å². The number of terminal acetylenes is 1. The molecule has 10 heavy (non-hydrogen) atoms. The molecule has 0 heterocycles. The number of carbonyl (C=O) groups is 1. The third-order valence-corrected chi connectivity index (χ3v) is 0.962. The van der Waals surface area contributed by atoms with Crippen LogP contribution in [-0.2, 0) is 9.47 Å². The molecule has 56 valence electrons. The van der Waals surface area contributed by atoms with Crippen molar-refractivity contribution in [1.29, 1.82) is 0 Å². The van der Waals surface area contributed by atoms with E-state index >= 15 is 0 Å². The summed E-state index contributed by atoms with van der Waals surface area (Å²) in [5.74, 6) is 2.29. The Kier molecular flexibility index (Phi) is 4.14. The van der Waals surface area contributed by atoms with Crippen LogP contribution in [0.2, 0.25) is 0 Å². The van der Waals surface area contributed by atoms with Gasteiger partial charge >= 0.3 is 6.16 Å². The van der Waals surface area contributed by atoms with E-state index < -0.39 is 12.3 Å². The van der Waals surface area contributed by atoms with Crippen molar-refractivity contribution in [2.24, 2.45) is 0 Å². The Morgan fingerprint density at radius 2 is 2.40 bits per heavy atom. The standard InChI is InChI=1S/C7H10O3/c1-4-6(5-2)10-7(8)9-3/h1,6H,5H2,2-3H3. The lowest BCUT2D eigenvalue weighted by molar-refractivity contribution is 0.0543. The molecule has 0 aromatic heterocycles. The molecule has 0 radical (unpaired) electrons. The van der Waals surface area contributed by atoms with Crippen LogP contribution in [0, 0.1) is 12.3 Å². The average molecular weight is 142 g/mol. The van der Waals surface area contributed by atoms with Crippen LogP contribution >= 0.6 is 0 Å². The number of rotatable bonds is 2. The van der Waals surface area contributed by atoms with Crippen LogP contribution in [0.1, 0.15) is 13.3 Å². The fourth-order valence-electron chi connectivity index (χ4n) is 0.399. The van der Waals surface area contributed by atoms with Crippen molar-refractivity contribution >= 4 is 6.16 Å². The Labute approximate surface area is 60.3 Å². The molecule has 1 atom stereocenters. The minimum Gasteiger partial charge on any atom is -0.438 e. The summed E-state index contributed by atoms with van der Waals surface area (Å²) in [6, 6.07) is 0. The van der Waals surface area contributed by atoms with Gasteiger partial charge in [0.05, 0.1) is 7.11 Å². The van der Waals surface area contributed by atoms with Crippen LogP contribution in [0.3, 0.4) is 0 Å². The minimum absolute atomic E-state index is 0.465. The van der Waals surface area contributed by atoms with Gasteiger partial charge in [0.2, 0.25) is 0 Å². The van der Waals surface area contributed by atoms with E-state index in [0.717, 1.165) is 0 Å². The van der Waals surface area contributed by atoms with E-state index in [4.69, 9.17) is 6.42 Å². The fraction of sp³-hybridized carbons (Fsp3) is 0.571. The zero-order chi connectivity index (χ0) is 7.98. The molecule has 3 nitrogen and oxygen atoms in total. The number of methoxy groups -OCH3 is 1. The third-order valence-electron chi connectivity index (χ3n) is 0.962. The molecule has 0 aromatic carbocycles. The second kappa shape index (κ2) is 4.68. The Morgan fingerprint density at radius 3 is 2.70 bits per heavy atom. The minimum atomic E-state index is -0.732. The Bertz CT molecular complexity index is 145. The summed E-state index contributed by atoms with van der Waals surface area (Å²) < 4.78 is 8.83. The summed E-state index contributed by atoms with van der Waals surface area (Å²) in [5.41, 5.74) is 0. The molecule has 0 saturated carbocycles. The van der Waals surface area contributed by atoms with E-state index in [2.05, 4.69) is 15.4 Å². The molecule has 0 aromatic rings. The second-order valence-electron chi connectivity index (χ2n) is 1.64. The summed E-state index contributed by atoms with van der Waals surface area (Å²) in [6.07, 6.45) is 4.41. The maximum absolute atomic E-state index is 10.4. The lowest BCUT2D eigenvalue weighted by Crippen LogP contribution is -2.14. The van der Waals surface area contributed by atoms with Crippen molar-refractivity contribution in [1.82, 2.24) is 0 Å². The molecule has 0 aliphatic heterocycles. The molecule has 3 heteroatoms. The maximum Gasteiger partial charge on any atom is 0.509 e. The molecule has 0 aliphatic rings. The number of hydrogen-bond donors (Lipinski definition) is 0.